The summed E-state index contributed by atoms with van der Waals surface area (Å²) in [7, 11) is 0. The maximum absolute atomic E-state index is 13.1. The van der Waals surface area contributed by atoms with Gasteiger partial charge in [0.15, 0.2) is 0 Å². The van der Waals surface area contributed by atoms with Gasteiger partial charge in [0.25, 0.3) is 0 Å². The lowest BCUT2D eigenvalue weighted by Gasteiger charge is -2.05. The number of rotatable bonds is 5. The third-order valence-electron chi connectivity index (χ3n) is 4.33. The van der Waals surface area contributed by atoms with Gasteiger partial charge in [0.05, 0.1) is 0 Å². The highest BCUT2D eigenvalue weighted by atomic mass is 32.2. The van der Waals surface area contributed by atoms with Crippen LogP contribution in [0.3, 0.4) is 0 Å². The normalized spacial score (nSPS) is 11.2. The van der Waals surface area contributed by atoms with Crippen LogP contribution in [-0.4, -0.2) is 4.57 Å². The van der Waals surface area contributed by atoms with Gasteiger partial charge < -0.3 is 4.57 Å². The van der Waals surface area contributed by atoms with Crippen molar-refractivity contribution in [2.45, 2.75) is 17.2 Å². The molecule has 1 heterocycles. The monoisotopic (exact) mass is 365 g/mol. The minimum atomic E-state index is -0.221. The van der Waals surface area contributed by atoms with Gasteiger partial charge in [0, 0.05) is 34.3 Å². The van der Waals surface area contributed by atoms with Crippen LogP contribution in [0, 0.1) is 11.6 Å². The van der Waals surface area contributed by atoms with Gasteiger partial charge in [-0.1, -0.05) is 42.5 Å². The predicted molar refractivity (Wildman–Crippen MR) is 103 cm³/mol. The third kappa shape index (κ3) is 3.65. The summed E-state index contributed by atoms with van der Waals surface area (Å²) in [6, 6.07) is 21.5. The van der Waals surface area contributed by atoms with Gasteiger partial charge in [-0.05, 0) is 41.5 Å². The quantitative estimate of drug-likeness (QED) is 0.378. The predicted octanol–water partition coefficient (Wildman–Crippen LogP) is 6.26. The smallest absolute Gasteiger partial charge is 0.123 e. The minimum absolute atomic E-state index is 0.213. The van der Waals surface area contributed by atoms with Gasteiger partial charge in [-0.25, -0.2) is 8.78 Å². The number of hydrogen-bond acceptors (Lipinski definition) is 1. The summed E-state index contributed by atoms with van der Waals surface area (Å²) in [4.78, 5) is 1.19. The molecule has 0 atom stereocenters. The standard InChI is InChI=1S/C22H17F2NS/c23-18-9-5-16(6-10-18)13-25-14-22(20-3-1-2-4-21(20)25)26-15-17-7-11-19(24)12-8-17/h1-12,14H,13,15H2. The van der Waals surface area contributed by atoms with E-state index < -0.39 is 0 Å². The highest BCUT2D eigenvalue weighted by Gasteiger charge is 2.09. The van der Waals surface area contributed by atoms with E-state index >= 15 is 0 Å². The lowest BCUT2D eigenvalue weighted by Crippen LogP contribution is -1.97. The second kappa shape index (κ2) is 7.34. The Hall–Kier alpha value is -2.59. The molecule has 4 heteroatoms. The van der Waals surface area contributed by atoms with E-state index in [4.69, 9.17) is 0 Å². The maximum Gasteiger partial charge on any atom is 0.123 e. The first-order valence-electron chi connectivity index (χ1n) is 8.38. The average Bonchev–Trinajstić information content (AvgIpc) is 3.01. The molecule has 0 radical (unpaired) electrons. The molecule has 0 spiro atoms. The van der Waals surface area contributed by atoms with Gasteiger partial charge in [0.1, 0.15) is 11.6 Å². The van der Waals surface area contributed by atoms with Crippen molar-refractivity contribution in [3.8, 4) is 0 Å². The highest BCUT2D eigenvalue weighted by Crippen LogP contribution is 2.32. The Labute approximate surface area is 155 Å². The average molecular weight is 365 g/mol. The molecule has 0 unspecified atom stereocenters. The number of nitrogens with zero attached hydrogens (tertiary/aromatic N) is 1. The summed E-state index contributed by atoms with van der Waals surface area (Å²) in [6.45, 7) is 0.692. The molecule has 1 nitrogen and oxygen atoms in total. The molecule has 0 fully saturated rings. The molecule has 0 saturated heterocycles. The van der Waals surface area contributed by atoms with E-state index in [9.17, 15) is 8.78 Å². The zero-order valence-corrected chi connectivity index (χ0v) is 14.8. The Morgan fingerprint density at radius 2 is 1.35 bits per heavy atom. The highest BCUT2D eigenvalue weighted by molar-refractivity contribution is 7.98. The van der Waals surface area contributed by atoms with Crippen LogP contribution in [0.1, 0.15) is 11.1 Å². The van der Waals surface area contributed by atoms with Crippen LogP contribution in [0.25, 0.3) is 10.9 Å². The van der Waals surface area contributed by atoms with E-state index in [1.54, 1.807) is 11.8 Å². The van der Waals surface area contributed by atoms with Crippen LogP contribution in [0.5, 0.6) is 0 Å². The van der Waals surface area contributed by atoms with Gasteiger partial charge in [-0.15, -0.1) is 11.8 Å². The SMILES string of the molecule is Fc1ccc(CSc2cn(Cc3ccc(F)cc3)c3ccccc23)cc1. The number of fused-ring (bicyclic) bond motifs is 1. The minimum Gasteiger partial charge on any atom is -0.342 e. The summed E-state index contributed by atoms with van der Waals surface area (Å²) in [5, 5.41) is 1.20. The van der Waals surface area contributed by atoms with Gasteiger partial charge in [0.2, 0.25) is 0 Å². The molecule has 0 aliphatic carbocycles. The first-order chi connectivity index (χ1) is 12.7. The van der Waals surface area contributed by atoms with Crippen LogP contribution in [0.2, 0.25) is 0 Å². The summed E-state index contributed by atoms with van der Waals surface area (Å²) < 4.78 is 28.4. The second-order valence-electron chi connectivity index (χ2n) is 6.18. The number of aromatic nitrogens is 1. The summed E-state index contributed by atoms with van der Waals surface area (Å²) in [5.74, 6) is 0.349. The van der Waals surface area contributed by atoms with Crippen molar-refractivity contribution in [1.82, 2.24) is 4.57 Å². The maximum atomic E-state index is 13.1. The number of thioether (sulfide) groups is 1. The van der Waals surface area contributed by atoms with E-state index in [1.807, 2.05) is 36.4 Å². The fourth-order valence-corrected chi connectivity index (χ4v) is 4.03. The van der Waals surface area contributed by atoms with Crippen LogP contribution < -0.4 is 0 Å². The van der Waals surface area contributed by atoms with Gasteiger partial charge in [-0.3, -0.25) is 0 Å². The summed E-state index contributed by atoms with van der Waals surface area (Å²) in [6.07, 6.45) is 2.14. The molecule has 0 saturated carbocycles. The zero-order valence-electron chi connectivity index (χ0n) is 14.0. The first-order valence-corrected chi connectivity index (χ1v) is 9.37. The number of para-hydroxylation sites is 1. The fraction of sp³-hybridized carbons (Fsp3) is 0.0909. The molecule has 0 amide bonds. The van der Waals surface area contributed by atoms with E-state index in [1.165, 1.54) is 34.5 Å². The topological polar surface area (TPSA) is 4.93 Å². The lowest BCUT2D eigenvalue weighted by atomic mass is 10.2. The number of hydrogen-bond donors (Lipinski definition) is 0. The molecule has 4 aromatic rings. The molecule has 0 bridgehead atoms. The van der Waals surface area contributed by atoms with Crippen LogP contribution in [0.4, 0.5) is 8.78 Å². The van der Waals surface area contributed by atoms with Crippen molar-refractivity contribution in [2.24, 2.45) is 0 Å². The van der Waals surface area contributed by atoms with Crippen molar-refractivity contribution in [2.75, 3.05) is 0 Å². The molecule has 0 aliphatic heterocycles. The van der Waals surface area contributed by atoms with Gasteiger partial charge >= 0.3 is 0 Å². The second-order valence-corrected chi connectivity index (χ2v) is 7.20. The van der Waals surface area contributed by atoms with Crippen LogP contribution >= 0.6 is 11.8 Å². The Morgan fingerprint density at radius 1 is 0.731 bits per heavy atom. The van der Waals surface area contributed by atoms with E-state index in [-0.39, 0.29) is 11.6 Å². The van der Waals surface area contributed by atoms with Crippen molar-refractivity contribution in [3.05, 3.63) is 102 Å². The molecule has 3 aromatic carbocycles. The molecule has 1 aromatic heterocycles. The van der Waals surface area contributed by atoms with E-state index in [2.05, 4.69) is 22.9 Å². The Bertz CT molecular complexity index is 1020. The Morgan fingerprint density at radius 3 is 2.04 bits per heavy atom. The fourth-order valence-electron chi connectivity index (χ4n) is 2.99. The first kappa shape index (κ1) is 16.9. The third-order valence-corrected chi connectivity index (χ3v) is 5.44. The molecule has 26 heavy (non-hydrogen) atoms. The van der Waals surface area contributed by atoms with Crippen molar-refractivity contribution < 1.29 is 8.78 Å². The number of benzene rings is 3. The van der Waals surface area contributed by atoms with E-state index in [0.29, 0.717) is 6.54 Å². The molecule has 130 valence electrons. The Balaban J connectivity index is 1.60. The largest absolute Gasteiger partial charge is 0.342 e. The lowest BCUT2D eigenvalue weighted by molar-refractivity contribution is 0.626. The Kier molecular flexibility index (Phi) is 4.76. The molecule has 0 aliphatic rings. The molecular weight excluding hydrogens is 348 g/mol. The van der Waals surface area contributed by atoms with Gasteiger partial charge in [-0.2, -0.15) is 0 Å². The van der Waals surface area contributed by atoms with E-state index in [0.717, 1.165) is 22.4 Å². The number of halogens is 2. The summed E-state index contributed by atoms with van der Waals surface area (Å²) in [5.41, 5.74) is 3.30. The van der Waals surface area contributed by atoms with Crippen LogP contribution in [-0.2, 0) is 12.3 Å². The van der Waals surface area contributed by atoms with Crippen molar-refractivity contribution in [1.29, 1.82) is 0 Å². The summed E-state index contributed by atoms with van der Waals surface area (Å²) >= 11 is 1.74. The van der Waals surface area contributed by atoms with Crippen LogP contribution in [0.15, 0.2) is 83.9 Å². The molecular formula is C22H17F2NS. The molecule has 0 N–H and O–H groups in total. The molecule has 4 rings (SSSR count). The zero-order chi connectivity index (χ0) is 17.9. The van der Waals surface area contributed by atoms with Crippen molar-refractivity contribution in [3.63, 3.8) is 0 Å². The van der Waals surface area contributed by atoms with Crippen molar-refractivity contribution >= 4 is 22.7 Å².